The number of benzene rings is 1. The number of fused-ring (bicyclic) bond motifs is 1. The molecule has 7 heteroatoms. The molecule has 1 fully saturated rings. The average molecular weight is 371 g/mol. The number of pyridine rings is 1. The molecule has 0 radical (unpaired) electrons. The zero-order valence-electron chi connectivity index (χ0n) is 14.4. The van der Waals surface area contributed by atoms with Crippen molar-refractivity contribution in [1.29, 1.82) is 0 Å². The van der Waals surface area contributed by atoms with Crippen LogP contribution in [0.1, 0.15) is 41.6 Å². The first-order valence-corrected chi connectivity index (χ1v) is 10.4. The number of nitrogens with one attached hydrogen (secondary N) is 1. The fourth-order valence-electron chi connectivity index (χ4n) is 3.58. The molecule has 6 nitrogen and oxygen atoms in total. The fourth-order valence-corrected chi connectivity index (χ4v) is 4.68. The highest BCUT2D eigenvalue weighted by atomic mass is 32.2. The van der Waals surface area contributed by atoms with Gasteiger partial charge in [-0.2, -0.15) is 0 Å². The SMILES string of the molecule is O=C1CCCc2cc(S(=O)(=O)Nc3ccc(N4CCCC4)nc3)ccc21. The van der Waals surface area contributed by atoms with Crippen LogP contribution in [0.4, 0.5) is 11.5 Å². The number of hydrogen-bond acceptors (Lipinski definition) is 5. The van der Waals surface area contributed by atoms with Gasteiger partial charge in [-0.05, 0) is 61.6 Å². The normalized spacial score (nSPS) is 17.2. The minimum absolute atomic E-state index is 0.0878. The highest BCUT2D eigenvalue weighted by Gasteiger charge is 2.21. The van der Waals surface area contributed by atoms with Crippen LogP contribution in [0.15, 0.2) is 41.4 Å². The van der Waals surface area contributed by atoms with E-state index in [0.29, 0.717) is 17.7 Å². The fraction of sp³-hybridized carbons (Fsp3) is 0.368. The summed E-state index contributed by atoms with van der Waals surface area (Å²) in [6.45, 7) is 1.98. The van der Waals surface area contributed by atoms with Gasteiger partial charge in [-0.1, -0.05) is 0 Å². The second kappa shape index (κ2) is 6.72. The number of Topliss-reactive ketones (excluding diaryl/α,β-unsaturated/α-hetero) is 1. The maximum Gasteiger partial charge on any atom is 0.261 e. The maximum absolute atomic E-state index is 12.7. The molecule has 0 saturated carbocycles. The molecular formula is C19H21N3O3S. The van der Waals surface area contributed by atoms with Crippen molar-refractivity contribution in [3.63, 3.8) is 0 Å². The van der Waals surface area contributed by atoms with Crippen molar-refractivity contribution in [3.05, 3.63) is 47.7 Å². The van der Waals surface area contributed by atoms with Crippen LogP contribution in [-0.4, -0.2) is 32.3 Å². The number of nitrogens with zero attached hydrogens (tertiary/aromatic N) is 2. The van der Waals surface area contributed by atoms with Crippen molar-refractivity contribution >= 4 is 27.3 Å². The van der Waals surface area contributed by atoms with Crippen LogP contribution < -0.4 is 9.62 Å². The van der Waals surface area contributed by atoms with Gasteiger partial charge >= 0.3 is 0 Å². The summed E-state index contributed by atoms with van der Waals surface area (Å²) in [6.07, 6.45) is 5.91. The molecule has 2 heterocycles. The van der Waals surface area contributed by atoms with E-state index < -0.39 is 10.0 Å². The predicted octanol–water partition coefficient (Wildman–Crippen LogP) is 3.00. The Morgan fingerprint density at radius 2 is 1.81 bits per heavy atom. The molecule has 1 aromatic carbocycles. The summed E-state index contributed by atoms with van der Waals surface area (Å²) in [5.74, 6) is 0.961. The molecule has 1 aromatic heterocycles. The quantitative estimate of drug-likeness (QED) is 0.894. The molecule has 2 aromatic rings. The lowest BCUT2D eigenvalue weighted by atomic mass is 9.91. The Bertz CT molecular complexity index is 933. The summed E-state index contributed by atoms with van der Waals surface area (Å²) in [5, 5.41) is 0. The van der Waals surface area contributed by atoms with Crippen LogP contribution in [0, 0.1) is 0 Å². The summed E-state index contributed by atoms with van der Waals surface area (Å²) in [5.41, 5.74) is 1.89. The number of aryl methyl sites for hydroxylation is 1. The first-order valence-electron chi connectivity index (χ1n) is 8.93. The van der Waals surface area contributed by atoms with Crippen molar-refractivity contribution in [2.24, 2.45) is 0 Å². The van der Waals surface area contributed by atoms with Crippen molar-refractivity contribution < 1.29 is 13.2 Å². The lowest BCUT2D eigenvalue weighted by Crippen LogP contribution is -2.19. The predicted molar refractivity (Wildman–Crippen MR) is 100 cm³/mol. The van der Waals surface area contributed by atoms with Gasteiger partial charge in [-0.25, -0.2) is 13.4 Å². The van der Waals surface area contributed by atoms with Gasteiger partial charge in [0.15, 0.2) is 5.78 Å². The first-order chi connectivity index (χ1) is 12.5. The molecule has 2 aliphatic rings. The number of ketones is 1. The van der Waals surface area contributed by atoms with Crippen molar-refractivity contribution in [2.75, 3.05) is 22.7 Å². The zero-order valence-corrected chi connectivity index (χ0v) is 15.3. The zero-order chi connectivity index (χ0) is 18.1. The van der Waals surface area contributed by atoms with Gasteiger partial charge in [0.1, 0.15) is 5.82 Å². The second-order valence-electron chi connectivity index (χ2n) is 6.80. The molecule has 4 rings (SSSR count). The molecule has 26 heavy (non-hydrogen) atoms. The molecule has 1 aliphatic carbocycles. The van der Waals surface area contributed by atoms with Gasteiger partial charge in [0.2, 0.25) is 0 Å². The van der Waals surface area contributed by atoms with E-state index in [1.165, 1.54) is 6.07 Å². The number of hydrogen-bond donors (Lipinski definition) is 1. The van der Waals surface area contributed by atoms with E-state index in [1.54, 1.807) is 24.4 Å². The van der Waals surface area contributed by atoms with Gasteiger partial charge in [0.25, 0.3) is 10.0 Å². The third kappa shape index (κ3) is 3.31. The molecule has 0 unspecified atom stereocenters. The monoisotopic (exact) mass is 371 g/mol. The van der Waals surface area contributed by atoms with Crippen molar-refractivity contribution in [3.8, 4) is 0 Å². The Kier molecular flexibility index (Phi) is 4.40. The van der Waals surface area contributed by atoms with Gasteiger partial charge < -0.3 is 4.90 Å². The highest BCUT2D eigenvalue weighted by Crippen LogP contribution is 2.26. The van der Waals surface area contributed by atoms with E-state index in [9.17, 15) is 13.2 Å². The smallest absolute Gasteiger partial charge is 0.261 e. The van der Waals surface area contributed by atoms with Crippen molar-refractivity contribution in [2.45, 2.75) is 37.0 Å². The second-order valence-corrected chi connectivity index (χ2v) is 8.48. The van der Waals surface area contributed by atoms with Gasteiger partial charge in [-0.15, -0.1) is 0 Å². The molecule has 1 aliphatic heterocycles. The molecule has 0 bridgehead atoms. The van der Waals surface area contributed by atoms with E-state index in [-0.39, 0.29) is 10.7 Å². The standard InChI is InChI=1S/C19H21N3O3S/c23-18-5-3-4-14-12-16(7-8-17(14)18)26(24,25)21-15-6-9-19(20-13-15)22-10-1-2-11-22/h6-9,12-13,21H,1-5,10-11H2. The third-order valence-corrected chi connectivity index (χ3v) is 6.35. The third-order valence-electron chi connectivity index (χ3n) is 4.97. The number of sulfonamides is 1. The largest absolute Gasteiger partial charge is 0.357 e. The van der Waals surface area contributed by atoms with Gasteiger partial charge in [-0.3, -0.25) is 9.52 Å². The van der Waals surface area contributed by atoms with Crippen molar-refractivity contribution in [1.82, 2.24) is 4.98 Å². The van der Waals surface area contributed by atoms with E-state index in [2.05, 4.69) is 14.6 Å². The van der Waals surface area contributed by atoms with E-state index in [0.717, 1.165) is 50.2 Å². The Labute approximate surface area is 153 Å². The Morgan fingerprint density at radius 1 is 1.00 bits per heavy atom. The molecular weight excluding hydrogens is 350 g/mol. The molecule has 136 valence electrons. The van der Waals surface area contributed by atoms with Crippen LogP contribution in [0.25, 0.3) is 0 Å². The highest BCUT2D eigenvalue weighted by molar-refractivity contribution is 7.92. The molecule has 1 saturated heterocycles. The van der Waals surface area contributed by atoms with E-state index in [4.69, 9.17) is 0 Å². The van der Waals surface area contributed by atoms with Crippen LogP contribution in [-0.2, 0) is 16.4 Å². The lowest BCUT2D eigenvalue weighted by molar-refractivity contribution is 0.0972. The molecule has 0 spiro atoms. The minimum atomic E-state index is -3.71. The Hall–Kier alpha value is -2.41. The lowest BCUT2D eigenvalue weighted by Gasteiger charge is -2.17. The summed E-state index contributed by atoms with van der Waals surface area (Å²) in [4.78, 5) is 18.6. The summed E-state index contributed by atoms with van der Waals surface area (Å²) < 4.78 is 27.9. The van der Waals surface area contributed by atoms with Crippen LogP contribution >= 0.6 is 0 Å². The summed E-state index contributed by atoms with van der Waals surface area (Å²) in [7, 11) is -3.71. The number of carbonyl (C=O) groups is 1. The average Bonchev–Trinajstić information content (AvgIpc) is 3.17. The summed E-state index contributed by atoms with van der Waals surface area (Å²) in [6, 6.07) is 8.31. The Balaban J connectivity index is 1.54. The topological polar surface area (TPSA) is 79.4 Å². The Morgan fingerprint density at radius 3 is 2.54 bits per heavy atom. The van der Waals surface area contributed by atoms with Crippen LogP contribution in [0.5, 0.6) is 0 Å². The number of aromatic nitrogens is 1. The van der Waals surface area contributed by atoms with E-state index >= 15 is 0 Å². The molecule has 1 N–H and O–H groups in total. The first kappa shape index (κ1) is 17.0. The number of rotatable bonds is 4. The minimum Gasteiger partial charge on any atom is -0.357 e. The van der Waals surface area contributed by atoms with E-state index in [1.807, 2.05) is 6.07 Å². The molecule has 0 atom stereocenters. The van der Waals surface area contributed by atoms with Gasteiger partial charge in [0.05, 0.1) is 16.8 Å². The maximum atomic E-state index is 12.7. The molecule has 0 amide bonds. The van der Waals surface area contributed by atoms with Gasteiger partial charge in [0, 0.05) is 25.1 Å². The number of anilines is 2. The summed E-state index contributed by atoms with van der Waals surface area (Å²) >= 11 is 0. The van der Waals surface area contributed by atoms with Crippen LogP contribution in [0.3, 0.4) is 0 Å². The number of carbonyl (C=O) groups excluding carboxylic acids is 1. The van der Waals surface area contributed by atoms with Crippen LogP contribution in [0.2, 0.25) is 0 Å².